The van der Waals surface area contributed by atoms with E-state index in [0.29, 0.717) is 6.04 Å². The smallest absolute Gasteiger partial charge is 0.133 e. The molecular weight excluding hydrogens is 238 g/mol. The first kappa shape index (κ1) is 14.3. The van der Waals surface area contributed by atoms with E-state index in [2.05, 4.69) is 42.2 Å². The van der Waals surface area contributed by atoms with Crippen molar-refractivity contribution in [2.24, 2.45) is 0 Å². The monoisotopic (exact) mass is 263 g/mol. The largest absolute Gasteiger partial charge is 0.376 e. The second-order valence-corrected chi connectivity index (χ2v) is 5.21. The van der Waals surface area contributed by atoms with Crippen molar-refractivity contribution < 1.29 is 4.74 Å². The number of anilines is 1. The summed E-state index contributed by atoms with van der Waals surface area (Å²) in [6.07, 6.45) is 4.38. The minimum atomic E-state index is 0.281. The molecule has 0 bridgehead atoms. The minimum absolute atomic E-state index is 0.281. The van der Waals surface area contributed by atoms with E-state index in [4.69, 9.17) is 4.74 Å². The average molecular weight is 263 g/mol. The molecule has 1 aliphatic heterocycles. The van der Waals surface area contributed by atoms with Crippen molar-refractivity contribution in [1.29, 1.82) is 0 Å². The van der Waals surface area contributed by atoms with Crippen LogP contribution in [0.25, 0.3) is 0 Å². The normalized spacial score (nSPS) is 22.7. The molecule has 2 rings (SSSR count). The van der Waals surface area contributed by atoms with E-state index >= 15 is 0 Å². The van der Waals surface area contributed by atoms with Crippen LogP contribution in [-0.4, -0.2) is 37.3 Å². The van der Waals surface area contributed by atoms with Crippen LogP contribution in [0.2, 0.25) is 0 Å². The number of rotatable bonds is 6. The Bertz CT molecular complexity index is 397. The van der Waals surface area contributed by atoms with E-state index in [-0.39, 0.29) is 6.10 Å². The van der Waals surface area contributed by atoms with Crippen LogP contribution in [0, 0.1) is 0 Å². The topological polar surface area (TPSA) is 37.4 Å². The van der Waals surface area contributed by atoms with E-state index in [0.717, 1.165) is 38.4 Å². The van der Waals surface area contributed by atoms with Gasteiger partial charge in [-0.05, 0) is 32.4 Å². The molecule has 2 unspecified atom stereocenters. The lowest BCUT2D eigenvalue weighted by atomic mass is 10.1. The summed E-state index contributed by atoms with van der Waals surface area (Å²) in [6, 6.07) is 4.59. The zero-order valence-electron chi connectivity index (χ0n) is 12.2. The third-order valence-corrected chi connectivity index (χ3v) is 3.78. The Labute approximate surface area is 116 Å². The van der Waals surface area contributed by atoms with Gasteiger partial charge in [0, 0.05) is 32.0 Å². The Morgan fingerprint density at radius 3 is 3.05 bits per heavy atom. The van der Waals surface area contributed by atoms with Crippen molar-refractivity contribution in [2.75, 3.05) is 25.1 Å². The maximum absolute atomic E-state index is 5.66. The molecule has 1 saturated heterocycles. The summed E-state index contributed by atoms with van der Waals surface area (Å²) in [5.74, 6) is 1.08. The van der Waals surface area contributed by atoms with Crippen molar-refractivity contribution in [1.82, 2.24) is 10.3 Å². The molecule has 1 aromatic heterocycles. The second kappa shape index (κ2) is 6.87. The predicted octanol–water partition coefficient (Wildman–Crippen LogP) is 2.19. The molecule has 106 valence electrons. The lowest BCUT2D eigenvalue weighted by molar-refractivity contribution is 0.118. The first-order chi connectivity index (χ1) is 9.24. The second-order valence-electron chi connectivity index (χ2n) is 5.21. The molecule has 0 saturated carbocycles. The highest BCUT2D eigenvalue weighted by molar-refractivity contribution is 5.47. The quantitative estimate of drug-likeness (QED) is 0.798. The van der Waals surface area contributed by atoms with Gasteiger partial charge < -0.3 is 15.0 Å². The van der Waals surface area contributed by atoms with Crippen LogP contribution in [0.15, 0.2) is 18.3 Å². The third kappa shape index (κ3) is 3.45. The summed E-state index contributed by atoms with van der Waals surface area (Å²) in [5, 5.41) is 3.45. The molecule has 0 aromatic carbocycles. The van der Waals surface area contributed by atoms with Crippen molar-refractivity contribution >= 4 is 5.82 Å². The number of hydrogen-bond acceptors (Lipinski definition) is 4. The first-order valence-electron chi connectivity index (χ1n) is 7.23. The summed E-state index contributed by atoms with van der Waals surface area (Å²) >= 11 is 0. The fraction of sp³-hybridized carbons (Fsp3) is 0.667. The van der Waals surface area contributed by atoms with Gasteiger partial charge in [-0.15, -0.1) is 0 Å². The van der Waals surface area contributed by atoms with Crippen LogP contribution < -0.4 is 10.2 Å². The van der Waals surface area contributed by atoms with Gasteiger partial charge in [0.05, 0.1) is 12.1 Å². The minimum Gasteiger partial charge on any atom is -0.376 e. The molecule has 1 aliphatic rings. The molecule has 2 atom stereocenters. The number of likely N-dealkylation sites (N-methyl/N-ethyl adjacent to an activating group) is 1. The summed E-state index contributed by atoms with van der Waals surface area (Å²) in [5.41, 5.74) is 1.26. The number of hydrogen-bond donors (Lipinski definition) is 1. The SMILES string of the molecule is CCCNCc1cccnc1N(C)C1CCOC1C. The molecule has 0 radical (unpaired) electrons. The highest BCUT2D eigenvalue weighted by Gasteiger charge is 2.29. The fourth-order valence-electron chi connectivity index (χ4n) is 2.67. The van der Waals surface area contributed by atoms with Crippen LogP contribution in [0.1, 0.15) is 32.3 Å². The molecule has 19 heavy (non-hydrogen) atoms. The van der Waals surface area contributed by atoms with Crippen LogP contribution in [0.5, 0.6) is 0 Å². The summed E-state index contributed by atoms with van der Waals surface area (Å²) in [7, 11) is 2.13. The van der Waals surface area contributed by atoms with E-state index in [1.54, 1.807) is 0 Å². The van der Waals surface area contributed by atoms with Gasteiger partial charge in [-0.25, -0.2) is 4.98 Å². The van der Waals surface area contributed by atoms with Gasteiger partial charge in [0.15, 0.2) is 0 Å². The van der Waals surface area contributed by atoms with Gasteiger partial charge in [-0.2, -0.15) is 0 Å². The fourth-order valence-corrected chi connectivity index (χ4v) is 2.67. The average Bonchev–Trinajstić information content (AvgIpc) is 2.85. The molecule has 1 aromatic rings. The molecule has 0 amide bonds. The van der Waals surface area contributed by atoms with Crippen LogP contribution in [-0.2, 0) is 11.3 Å². The van der Waals surface area contributed by atoms with Gasteiger partial charge in [-0.1, -0.05) is 13.0 Å². The van der Waals surface area contributed by atoms with E-state index in [1.807, 2.05) is 12.3 Å². The van der Waals surface area contributed by atoms with E-state index in [9.17, 15) is 0 Å². The summed E-state index contributed by atoms with van der Waals surface area (Å²) < 4.78 is 5.66. The standard InChI is InChI=1S/C15H25N3O/c1-4-8-16-11-13-6-5-9-17-15(13)18(3)14-7-10-19-12(14)2/h5-6,9,12,14,16H,4,7-8,10-11H2,1-3H3. The Morgan fingerprint density at radius 2 is 2.37 bits per heavy atom. The molecule has 0 spiro atoms. The van der Waals surface area contributed by atoms with Gasteiger partial charge in [0.1, 0.15) is 5.82 Å². The Balaban J connectivity index is 2.09. The van der Waals surface area contributed by atoms with Crippen molar-refractivity contribution in [3.8, 4) is 0 Å². The van der Waals surface area contributed by atoms with Gasteiger partial charge in [-0.3, -0.25) is 0 Å². The molecule has 2 heterocycles. The number of pyridine rings is 1. The maximum Gasteiger partial charge on any atom is 0.133 e. The van der Waals surface area contributed by atoms with Crippen LogP contribution in [0.3, 0.4) is 0 Å². The van der Waals surface area contributed by atoms with Crippen molar-refractivity contribution in [3.05, 3.63) is 23.9 Å². The Kier molecular flexibility index (Phi) is 5.16. The van der Waals surface area contributed by atoms with Crippen LogP contribution in [0.4, 0.5) is 5.82 Å². The first-order valence-corrected chi connectivity index (χ1v) is 7.23. The highest BCUT2D eigenvalue weighted by Crippen LogP contribution is 2.25. The van der Waals surface area contributed by atoms with Crippen molar-refractivity contribution in [2.45, 2.75) is 45.4 Å². The molecule has 4 heteroatoms. The third-order valence-electron chi connectivity index (χ3n) is 3.78. The van der Waals surface area contributed by atoms with Gasteiger partial charge in [0.2, 0.25) is 0 Å². The highest BCUT2D eigenvalue weighted by atomic mass is 16.5. The van der Waals surface area contributed by atoms with Gasteiger partial charge in [0.25, 0.3) is 0 Å². The number of nitrogens with one attached hydrogen (secondary N) is 1. The zero-order valence-corrected chi connectivity index (χ0v) is 12.2. The van der Waals surface area contributed by atoms with E-state index < -0.39 is 0 Å². The molecule has 4 nitrogen and oxygen atoms in total. The maximum atomic E-state index is 5.66. The number of nitrogens with zero attached hydrogens (tertiary/aromatic N) is 2. The predicted molar refractivity (Wildman–Crippen MR) is 78.5 cm³/mol. The zero-order chi connectivity index (χ0) is 13.7. The Hall–Kier alpha value is -1.13. The lowest BCUT2D eigenvalue weighted by Crippen LogP contribution is -2.38. The van der Waals surface area contributed by atoms with E-state index in [1.165, 1.54) is 5.56 Å². The Morgan fingerprint density at radius 1 is 1.53 bits per heavy atom. The molecule has 1 fully saturated rings. The molecule has 1 N–H and O–H groups in total. The lowest BCUT2D eigenvalue weighted by Gasteiger charge is -2.29. The molecular formula is C15H25N3O. The number of ether oxygens (including phenoxy) is 1. The number of aromatic nitrogens is 1. The molecule has 0 aliphatic carbocycles. The van der Waals surface area contributed by atoms with Crippen molar-refractivity contribution in [3.63, 3.8) is 0 Å². The summed E-state index contributed by atoms with van der Waals surface area (Å²) in [4.78, 5) is 6.85. The summed E-state index contributed by atoms with van der Waals surface area (Å²) in [6.45, 7) is 7.10. The van der Waals surface area contributed by atoms with Gasteiger partial charge >= 0.3 is 0 Å². The van der Waals surface area contributed by atoms with Crippen LogP contribution >= 0.6 is 0 Å².